The van der Waals surface area contributed by atoms with E-state index in [0.29, 0.717) is 37.4 Å². The number of para-hydroxylation sites is 2. The fraction of sp³-hybridized carbons (Fsp3) is 0.520. The van der Waals surface area contributed by atoms with Crippen LogP contribution in [0.15, 0.2) is 33.9 Å². The quantitative estimate of drug-likeness (QED) is 0.590. The molecule has 1 amide bonds. The highest BCUT2D eigenvalue weighted by atomic mass is 16.5. The SMILES string of the molecule is CC(C)c1nc2ccccc2n1CC(=O)N1CCC[C@]2(CC1)Cc1c(n(C)c(=O)n(C)c1=O)O2. The zero-order valence-electron chi connectivity index (χ0n) is 20.2. The molecule has 9 heteroatoms. The maximum atomic E-state index is 13.4. The summed E-state index contributed by atoms with van der Waals surface area (Å²) in [5.41, 5.74) is 1.19. The Labute approximate surface area is 197 Å². The lowest BCUT2D eigenvalue weighted by Gasteiger charge is -2.27. The highest BCUT2D eigenvalue weighted by Crippen LogP contribution is 2.38. The minimum Gasteiger partial charge on any atom is -0.471 e. The third-order valence-corrected chi connectivity index (χ3v) is 7.26. The fourth-order valence-corrected chi connectivity index (χ4v) is 5.37. The summed E-state index contributed by atoms with van der Waals surface area (Å²) >= 11 is 0. The van der Waals surface area contributed by atoms with Gasteiger partial charge >= 0.3 is 5.69 Å². The molecule has 2 aromatic heterocycles. The second-order valence-electron chi connectivity index (χ2n) is 9.89. The van der Waals surface area contributed by atoms with Crippen LogP contribution in [-0.4, -0.2) is 48.2 Å². The van der Waals surface area contributed by atoms with Gasteiger partial charge in [-0.2, -0.15) is 0 Å². The van der Waals surface area contributed by atoms with Gasteiger partial charge in [-0.3, -0.25) is 18.7 Å². The van der Waals surface area contributed by atoms with Gasteiger partial charge in [-0.15, -0.1) is 0 Å². The molecule has 34 heavy (non-hydrogen) atoms. The van der Waals surface area contributed by atoms with Crippen LogP contribution >= 0.6 is 0 Å². The van der Waals surface area contributed by atoms with Crippen molar-refractivity contribution in [3.63, 3.8) is 0 Å². The minimum atomic E-state index is -0.556. The summed E-state index contributed by atoms with van der Waals surface area (Å²) in [5, 5.41) is 0. The Morgan fingerprint density at radius 2 is 1.88 bits per heavy atom. The van der Waals surface area contributed by atoms with Gasteiger partial charge in [0, 0.05) is 45.9 Å². The molecule has 2 aliphatic heterocycles. The Kier molecular flexibility index (Phi) is 5.37. The zero-order valence-corrected chi connectivity index (χ0v) is 20.2. The van der Waals surface area contributed by atoms with Crippen LogP contribution < -0.4 is 16.0 Å². The number of benzene rings is 1. The number of amides is 1. The summed E-state index contributed by atoms with van der Waals surface area (Å²) in [5.74, 6) is 1.54. The second kappa shape index (κ2) is 8.14. The lowest BCUT2D eigenvalue weighted by molar-refractivity contribution is -0.131. The first kappa shape index (κ1) is 22.4. The molecule has 0 unspecified atom stereocenters. The highest BCUT2D eigenvalue weighted by Gasteiger charge is 2.44. The number of carbonyl (C=O) groups is 1. The van der Waals surface area contributed by atoms with Crippen molar-refractivity contribution in [3.8, 4) is 5.88 Å². The van der Waals surface area contributed by atoms with Crippen molar-refractivity contribution in [2.75, 3.05) is 13.1 Å². The molecule has 0 N–H and O–H groups in total. The molecule has 0 saturated carbocycles. The van der Waals surface area contributed by atoms with Gasteiger partial charge in [0.2, 0.25) is 11.8 Å². The van der Waals surface area contributed by atoms with E-state index in [0.717, 1.165) is 34.3 Å². The standard InChI is InChI=1S/C25H31N5O4/c1-16(2)21-26-18-8-5-6-9-19(18)30(21)15-20(31)29-12-7-10-25(11-13-29)14-17-22(32)27(3)24(33)28(4)23(17)34-25/h5-6,8-9,16H,7,10-15H2,1-4H3/t25-/m0/s1. The molecule has 1 atom stereocenters. The number of imidazole rings is 1. The van der Waals surface area contributed by atoms with Crippen molar-refractivity contribution in [2.45, 2.75) is 57.6 Å². The number of fused-ring (bicyclic) bond motifs is 2. The zero-order chi connectivity index (χ0) is 24.2. The van der Waals surface area contributed by atoms with E-state index >= 15 is 0 Å². The van der Waals surface area contributed by atoms with Crippen LogP contribution in [-0.2, 0) is 31.9 Å². The van der Waals surface area contributed by atoms with Crippen LogP contribution in [0.25, 0.3) is 11.0 Å². The first-order valence-electron chi connectivity index (χ1n) is 11.9. The average molecular weight is 466 g/mol. The van der Waals surface area contributed by atoms with Gasteiger partial charge in [0.25, 0.3) is 5.56 Å². The van der Waals surface area contributed by atoms with Crippen molar-refractivity contribution < 1.29 is 9.53 Å². The number of ether oxygens (including phenoxy) is 1. The molecule has 1 spiro atoms. The summed E-state index contributed by atoms with van der Waals surface area (Å²) < 4.78 is 10.9. The van der Waals surface area contributed by atoms with E-state index in [9.17, 15) is 14.4 Å². The molecule has 1 aromatic carbocycles. The Hall–Kier alpha value is -3.36. The molecular formula is C25H31N5O4. The van der Waals surface area contributed by atoms with Gasteiger partial charge in [0.1, 0.15) is 18.0 Å². The molecule has 0 aliphatic carbocycles. The summed E-state index contributed by atoms with van der Waals surface area (Å²) in [6.07, 6.45) is 2.59. The van der Waals surface area contributed by atoms with E-state index in [1.54, 1.807) is 7.05 Å². The Bertz CT molecular complexity index is 1400. The lowest BCUT2D eigenvalue weighted by atomic mass is 9.90. The molecule has 0 bridgehead atoms. The van der Waals surface area contributed by atoms with Crippen molar-refractivity contribution in [2.24, 2.45) is 14.1 Å². The van der Waals surface area contributed by atoms with E-state index in [-0.39, 0.29) is 29.6 Å². The van der Waals surface area contributed by atoms with Gasteiger partial charge in [0.05, 0.1) is 16.6 Å². The molecular weight excluding hydrogens is 434 g/mol. The third-order valence-electron chi connectivity index (χ3n) is 7.26. The number of carbonyl (C=O) groups excluding carboxylic acids is 1. The molecule has 3 aromatic rings. The van der Waals surface area contributed by atoms with Crippen LogP contribution in [0, 0.1) is 0 Å². The number of rotatable bonds is 3. The third kappa shape index (κ3) is 3.54. The molecule has 1 fully saturated rings. The smallest absolute Gasteiger partial charge is 0.333 e. The van der Waals surface area contributed by atoms with Crippen molar-refractivity contribution in [3.05, 3.63) is 56.5 Å². The van der Waals surface area contributed by atoms with Crippen LogP contribution in [0.5, 0.6) is 5.88 Å². The Balaban J connectivity index is 1.36. The Morgan fingerprint density at radius 3 is 2.65 bits per heavy atom. The topological polar surface area (TPSA) is 91.4 Å². The number of aromatic nitrogens is 4. The van der Waals surface area contributed by atoms with Crippen molar-refractivity contribution in [1.29, 1.82) is 0 Å². The first-order chi connectivity index (χ1) is 16.2. The molecule has 2 aliphatic rings. The van der Waals surface area contributed by atoms with E-state index in [1.165, 1.54) is 11.6 Å². The molecule has 5 rings (SSSR count). The molecule has 180 valence electrons. The molecule has 9 nitrogen and oxygen atoms in total. The summed E-state index contributed by atoms with van der Waals surface area (Å²) in [6.45, 7) is 5.61. The number of hydrogen-bond donors (Lipinski definition) is 0. The van der Waals surface area contributed by atoms with E-state index in [1.807, 2.05) is 33.7 Å². The normalized spacial score (nSPS) is 20.1. The van der Waals surface area contributed by atoms with Gasteiger partial charge in [-0.05, 0) is 25.0 Å². The monoisotopic (exact) mass is 465 g/mol. The van der Waals surface area contributed by atoms with Crippen LogP contribution in [0.1, 0.15) is 50.4 Å². The lowest BCUT2D eigenvalue weighted by Crippen LogP contribution is -2.38. The molecule has 1 saturated heterocycles. The second-order valence-corrected chi connectivity index (χ2v) is 9.89. The number of nitrogens with zero attached hydrogens (tertiary/aromatic N) is 5. The van der Waals surface area contributed by atoms with Crippen LogP contribution in [0.2, 0.25) is 0 Å². The van der Waals surface area contributed by atoms with Gasteiger partial charge in [-0.1, -0.05) is 26.0 Å². The first-order valence-corrected chi connectivity index (χ1v) is 11.9. The largest absolute Gasteiger partial charge is 0.471 e. The highest BCUT2D eigenvalue weighted by molar-refractivity contribution is 5.81. The minimum absolute atomic E-state index is 0.0564. The van der Waals surface area contributed by atoms with Gasteiger partial charge in [0.15, 0.2) is 0 Å². The molecule has 0 radical (unpaired) electrons. The van der Waals surface area contributed by atoms with E-state index in [4.69, 9.17) is 9.72 Å². The van der Waals surface area contributed by atoms with E-state index in [2.05, 4.69) is 13.8 Å². The molecule has 4 heterocycles. The van der Waals surface area contributed by atoms with Crippen LogP contribution in [0.4, 0.5) is 0 Å². The predicted molar refractivity (Wildman–Crippen MR) is 128 cm³/mol. The van der Waals surface area contributed by atoms with Crippen LogP contribution in [0.3, 0.4) is 0 Å². The summed E-state index contributed by atoms with van der Waals surface area (Å²) in [4.78, 5) is 45.1. The van der Waals surface area contributed by atoms with Crippen molar-refractivity contribution in [1.82, 2.24) is 23.6 Å². The van der Waals surface area contributed by atoms with Gasteiger partial charge < -0.3 is 14.2 Å². The van der Waals surface area contributed by atoms with E-state index < -0.39 is 5.60 Å². The summed E-state index contributed by atoms with van der Waals surface area (Å²) in [7, 11) is 3.13. The van der Waals surface area contributed by atoms with Crippen molar-refractivity contribution >= 4 is 16.9 Å². The Morgan fingerprint density at radius 1 is 1.12 bits per heavy atom. The fourth-order valence-electron chi connectivity index (χ4n) is 5.37. The predicted octanol–water partition coefficient (Wildman–Crippen LogP) is 1.94. The maximum absolute atomic E-state index is 13.4. The van der Waals surface area contributed by atoms with Gasteiger partial charge in [-0.25, -0.2) is 9.78 Å². The maximum Gasteiger partial charge on any atom is 0.333 e. The number of hydrogen-bond acceptors (Lipinski definition) is 5. The average Bonchev–Trinajstić information content (AvgIpc) is 3.30. The number of likely N-dealkylation sites (tertiary alicyclic amines) is 1. The summed E-state index contributed by atoms with van der Waals surface area (Å²) in [6, 6.07) is 7.91.